The number of methoxy groups -OCH3 is 2. The molecule has 0 saturated heterocycles. The molecule has 2 amide bonds. The first-order valence-corrected chi connectivity index (χ1v) is 7.91. The van der Waals surface area contributed by atoms with Crippen molar-refractivity contribution in [2.45, 2.75) is 6.54 Å². The number of urea groups is 1. The molecule has 2 N–H and O–H groups in total. The number of nitrogens with zero attached hydrogens (tertiary/aromatic N) is 4. The molecule has 0 bridgehead atoms. The van der Waals surface area contributed by atoms with Gasteiger partial charge in [0.1, 0.15) is 5.82 Å². The lowest BCUT2D eigenvalue weighted by Crippen LogP contribution is -2.29. The number of para-hydroxylation sites is 1. The Bertz CT molecular complexity index is 946. The Kier molecular flexibility index (Phi) is 5.45. The number of tetrazole rings is 1. The zero-order valence-corrected chi connectivity index (χ0v) is 14.6. The van der Waals surface area contributed by atoms with Crippen LogP contribution in [0.5, 0.6) is 11.5 Å². The summed E-state index contributed by atoms with van der Waals surface area (Å²) in [5.41, 5.74) is 0.894. The SMILES string of the molecule is COc1cccc(NC(=O)NCc2nnnn2-c2cccc(F)c2)c1OC. The summed E-state index contributed by atoms with van der Waals surface area (Å²) in [5.74, 6) is 0.822. The van der Waals surface area contributed by atoms with E-state index in [4.69, 9.17) is 9.47 Å². The number of amides is 2. The van der Waals surface area contributed by atoms with Gasteiger partial charge < -0.3 is 20.1 Å². The summed E-state index contributed by atoms with van der Waals surface area (Å²) in [6.07, 6.45) is 0. The minimum Gasteiger partial charge on any atom is -0.493 e. The monoisotopic (exact) mass is 372 g/mol. The zero-order valence-electron chi connectivity index (χ0n) is 14.6. The Labute approximate surface area is 154 Å². The molecule has 0 aliphatic heterocycles. The van der Waals surface area contributed by atoms with E-state index < -0.39 is 11.8 Å². The highest BCUT2D eigenvalue weighted by Crippen LogP contribution is 2.34. The minimum atomic E-state index is -0.490. The summed E-state index contributed by atoms with van der Waals surface area (Å²) in [7, 11) is 2.99. The zero-order chi connectivity index (χ0) is 19.2. The number of aromatic nitrogens is 4. The van der Waals surface area contributed by atoms with Gasteiger partial charge in [0.2, 0.25) is 0 Å². The molecule has 0 unspecified atom stereocenters. The Balaban J connectivity index is 1.69. The van der Waals surface area contributed by atoms with Crippen molar-refractivity contribution in [3.05, 3.63) is 54.1 Å². The number of anilines is 1. The van der Waals surface area contributed by atoms with E-state index in [0.29, 0.717) is 28.7 Å². The van der Waals surface area contributed by atoms with Crippen LogP contribution in [-0.2, 0) is 6.54 Å². The van der Waals surface area contributed by atoms with Gasteiger partial charge >= 0.3 is 6.03 Å². The van der Waals surface area contributed by atoms with Crippen LogP contribution >= 0.6 is 0 Å². The van der Waals surface area contributed by atoms with Gasteiger partial charge in [-0.15, -0.1) is 5.10 Å². The number of hydrogen-bond donors (Lipinski definition) is 2. The molecular formula is C17H17FN6O3. The largest absolute Gasteiger partial charge is 0.493 e. The number of ether oxygens (including phenoxy) is 2. The van der Waals surface area contributed by atoms with Crippen LogP contribution in [0.1, 0.15) is 5.82 Å². The second kappa shape index (κ2) is 8.13. The molecule has 0 aliphatic rings. The molecule has 2 aromatic carbocycles. The maximum atomic E-state index is 13.4. The van der Waals surface area contributed by atoms with E-state index in [1.165, 1.54) is 31.0 Å². The molecule has 0 atom stereocenters. The van der Waals surface area contributed by atoms with Crippen molar-refractivity contribution in [3.8, 4) is 17.2 Å². The molecule has 3 rings (SSSR count). The Hall–Kier alpha value is -3.69. The van der Waals surface area contributed by atoms with E-state index in [2.05, 4.69) is 26.2 Å². The Morgan fingerprint density at radius 1 is 1.19 bits per heavy atom. The van der Waals surface area contributed by atoms with E-state index in [1.807, 2.05) is 0 Å². The van der Waals surface area contributed by atoms with Crippen LogP contribution in [0.3, 0.4) is 0 Å². The van der Waals surface area contributed by atoms with Crippen LogP contribution in [0.25, 0.3) is 5.69 Å². The summed E-state index contributed by atoms with van der Waals surface area (Å²) in [6, 6.07) is 10.4. The molecule has 0 saturated carbocycles. The first-order valence-electron chi connectivity index (χ1n) is 7.91. The molecule has 3 aromatic rings. The summed E-state index contributed by atoms with van der Waals surface area (Å²) in [6.45, 7) is 0.0294. The molecular weight excluding hydrogens is 355 g/mol. The fourth-order valence-corrected chi connectivity index (χ4v) is 2.44. The van der Waals surface area contributed by atoms with Crippen LogP contribution in [0.4, 0.5) is 14.9 Å². The van der Waals surface area contributed by atoms with Crippen LogP contribution < -0.4 is 20.1 Å². The molecule has 0 aliphatic carbocycles. The van der Waals surface area contributed by atoms with Gasteiger partial charge in [0.15, 0.2) is 17.3 Å². The molecule has 0 fully saturated rings. The van der Waals surface area contributed by atoms with E-state index in [1.54, 1.807) is 30.3 Å². The van der Waals surface area contributed by atoms with E-state index in [9.17, 15) is 9.18 Å². The standard InChI is InChI=1S/C17H17FN6O3/c1-26-14-8-4-7-13(16(14)27-2)20-17(25)19-10-15-21-22-23-24(15)12-6-3-5-11(18)9-12/h3-9H,10H2,1-2H3,(H2,19,20,25). The maximum Gasteiger partial charge on any atom is 0.319 e. The summed E-state index contributed by atoms with van der Waals surface area (Å²) in [4.78, 5) is 12.2. The number of nitrogens with one attached hydrogen (secondary N) is 2. The maximum absolute atomic E-state index is 13.4. The number of rotatable bonds is 6. The highest BCUT2D eigenvalue weighted by Gasteiger charge is 2.14. The van der Waals surface area contributed by atoms with Crippen molar-refractivity contribution >= 4 is 11.7 Å². The second-order valence-electron chi connectivity index (χ2n) is 5.34. The molecule has 1 aromatic heterocycles. The van der Waals surface area contributed by atoms with E-state index >= 15 is 0 Å². The third-order valence-corrected chi connectivity index (χ3v) is 3.65. The van der Waals surface area contributed by atoms with E-state index in [0.717, 1.165) is 0 Å². The first kappa shape index (κ1) is 18.1. The molecule has 27 heavy (non-hydrogen) atoms. The van der Waals surface area contributed by atoms with Gasteiger partial charge in [-0.2, -0.15) is 4.68 Å². The van der Waals surface area contributed by atoms with Gasteiger partial charge in [-0.1, -0.05) is 12.1 Å². The molecule has 140 valence electrons. The van der Waals surface area contributed by atoms with Gasteiger partial charge in [0, 0.05) is 0 Å². The van der Waals surface area contributed by atoms with E-state index in [-0.39, 0.29) is 6.54 Å². The topological polar surface area (TPSA) is 103 Å². The van der Waals surface area contributed by atoms with Crippen LogP contribution in [0, 0.1) is 5.82 Å². The van der Waals surface area contributed by atoms with Gasteiger partial charge in [0.25, 0.3) is 0 Å². The van der Waals surface area contributed by atoms with Gasteiger partial charge in [0.05, 0.1) is 32.1 Å². The fourth-order valence-electron chi connectivity index (χ4n) is 2.44. The van der Waals surface area contributed by atoms with Crippen molar-refractivity contribution in [1.82, 2.24) is 25.5 Å². The van der Waals surface area contributed by atoms with Gasteiger partial charge in [-0.3, -0.25) is 0 Å². The summed E-state index contributed by atoms with van der Waals surface area (Å²) < 4.78 is 25.2. The number of halogens is 1. The molecule has 9 nitrogen and oxygen atoms in total. The number of carbonyl (C=O) groups excluding carboxylic acids is 1. The average molecular weight is 372 g/mol. The van der Waals surface area contributed by atoms with Crippen molar-refractivity contribution in [2.24, 2.45) is 0 Å². The normalized spacial score (nSPS) is 10.3. The molecule has 10 heteroatoms. The third-order valence-electron chi connectivity index (χ3n) is 3.65. The van der Waals surface area contributed by atoms with Crippen molar-refractivity contribution in [3.63, 3.8) is 0 Å². The predicted molar refractivity (Wildman–Crippen MR) is 94.5 cm³/mol. The Morgan fingerprint density at radius 3 is 2.74 bits per heavy atom. The van der Waals surface area contributed by atoms with Crippen molar-refractivity contribution in [2.75, 3.05) is 19.5 Å². The minimum absolute atomic E-state index is 0.0294. The van der Waals surface area contributed by atoms with Crippen LogP contribution in [0.15, 0.2) is 42.5 Å². The summed E-state index contributed by atoms with van der Waals surface area (Å²) >= 11 is 0. The van der Waals surface area contributed by atoms with Gasteiger partial charge in [-0.25, -0.2) is 9.18 Å². The number of carbonyl (C=O) groups is 1. The highest BCUT2D eigenvalue weighted by molar-refractivity contribution is 5.91. The fraction of sp³-hybridized carbons (Fsp3) is 0.176. The van der Waals surface area contributed by atoms with Crippen LogP contribution in [0.2, 0.25) is 0 Å². The lowest BCUT2D eigenvalue weighted by molar-refractivity contribution is 0.251. The smallest absolute Gasteiger partial charge is 0.319 e. The first-order chi connectivity index (χ1) is 13.1. The average Bonchev–Trinajstić information content (AvgIpc) is 3.14. The van der Waals surface area contributed by atoms with Crippen molar-refractivity contribution in [1.29, 1.82) is 0 Å². The third kappa shape index (κ3) is 4.11. The lowest BCUT2D eigenvalue weighted by Gasteiger charge is -2.13. The lowest BCUT2D eigenvalue weighted by atomic mass is 10.2. The quantitative estimate of drug-likeness (QED) is 0.687. The predicted octanol–water partition coefficient (Wildman–Crippen LogP) is 2.14. The number of hydrogen-bond acceptors (Lipinski definition) is 6. The molecule has 0 radical (unpaired) electrons. The van der Waals surface area contributed by atoms with Crippen molar-refractivity contribution < 1.29 is 18.7 Å². The molecule has 0 spiro atoms. The Morgan fingerprint density at radius 2 is 2.00 bits per heavy atom. The van der Waals surface area contributed by atoms with Crippen LogP contribution in [-0.4, -0.2) is 40.5 Å². The molecule has 1 heterocycles. The van der Waals surface area contributed by atoms with Gasteiger partial charge in [-0.05, 0) is 40.8 Å². The highest BCUT2D eigenvalue weighted by atomic mass is 19.1. The number of benzene rings is 2. The second-order valence-corrected chi connectivity index (χ2v) is 5.34. The summed E-state index contributed by atoms with van der Waals surface area (Å²) in [5, 5.41) is 16.6.